The molecule has 132 valence electrons. The third-order valence-corrected chi connectivity index (χ3v) is 4.27. The Morgan fingerprint density at radius 3 is 1.96 bits per heavy atom. The fourth-order valence-electron chi connectivity index (χ4n) is 2.54. The molecule has 0 saturated heterocycles. The number of carbonyl (C=O) groups is 2. The maximum atomic E-state index is 12.1. The Morgan fingerprint density at radius 2 is 1.48 bits per heavy atom. The summed E-state index contributed by atoms with van der Waals surface area (Å²) in [6.07, 6.45) is 0.115. The molecule has 0 aliphatic carbocycles. The second kappa shape index (κ2) is 7.64. The van der Waals surface area contributed by atoms with Crippen LogP contribution in [0.25, 0.3) is 0 Å². The molecule has 3 nitrogen and oxygen atoms in total. The Labute approximate surface area is 150 Å². The van der Waals surface area contributed by atoms with Gasteiger partial charge in [0.1, 0.15) is 0 Å². The van der Waals surface area contributed by atoms with Crippen LogP contribution in [0.15, 0.2) is 48.5 Å². The predicted molar refractivity (Wildman–Crippen MR) is 103 cm³/mol. The number of benzene rings is 2. The Bertz CT molecular complexity index is 735. The zero-order chi connectivity index (χ0) is 18.6. The number of amides is 1. The van der Waals surface area contributed by atoms with Crippen LogP contribution in [-0.4, -0.2) is 11.7 Å². The van der Waals surface area contributed by atoms with E-state index in [0.29, 0.717) is 11.6 Å². The summed E-state index contributed by atoms with van der Waals surface area (Å²) in [6, 6.07) is 15.5. The lowest BCUT2D eigenvalue weighted by atomic mass is 9.87. The van der Waals surface area contributed by atoms with Crippen LogP contribution in [0, 0.1) is 0 Å². The van der Waals surface area contributed by atoms with E-state index in [1.165, 1.54) is 11.1 Å². The van der Waals surface area contributed by atoms with Gasteiger partial charge in [-0.1, -0.05) is 71.0 Å². The SMILES string of the molecule is CC(C)c1ccc(CC(=O)C(=O)Nc2ccc(C(C)(C)C)cc2)cc1. The van der Waals surface area contributed by atoms with Gasteiger partial charge in [-0.25, -0.2) is 0 Å². The molecule has 0 atom stereocenters. The predicted octanol–water partition coefficient (Wildman–Crippen LogP) is 4.86. The highest BCUT2D eigenvalue weighted by Crippen LogP contribution is 2.23. The maximum absolute atomic E-state index is 12.1. The Kier molecular flexibility index (Phi) is 5.78. The van der Waals surface area contributed by atoms with Crippen molar-refractivity contribution in [2.24, 2.45) is 0 Å². The second-order valence-electron chi connectivity index (χ2n) is 7.78. The molecule has 1 amide bonds. The molecule has 2 aromatic carbocycles. The van der Waals surface area contributed by atoms with Gasteiger partial charge in [-0.2, -0.15) is 0 Å². The van der Waals surface area contributed by atoms with Gasteiger partial charge in [-0.15, -0.1) is 0 Å². The molecule has 25 heavy (non-hydrogen) atoms. The van der Waals surface area contributed by atoms with Crippen LogP contribution < -0.4 is 5.32 Å². The van der Waals surface area contributed by atoms with Crippen molar-refractivity contribution in [1.82, 2.24) is 0 Å². The van der Waals surface area contributed by atoms with Crippen LogP contribution in [0.5, 0.6) is 0 Å². The number of rotatable bonds is 5. The minimum atomic E-state index is -0.573. The molecule has 0 aliphatic heterocycles. The topological polar surface area (TPSA) is 46.2 Å². The average Bonchev–Trinajstić information content (AvgIpc) is 2.55. The van der Waals surface area contributed by atoms with Gasteiger partial charge in [0.15, 0.2) is 0 Å². The van der Waals surface area contributed by atoms with E-state index < -0.39 is 11.7 Å². The van der Waals surface area contributed by atoms with E-state index in [1.54, 1.807) is 0 Å². The smallest absolute Gasteiger partial charge is 0.292 e. The van der Waals surface area contributed by atoms with E-state index in [0.717, 1.165) is 5.56 Å². The molecular formula is C22H27NO2. The second-order valence-corrected chi connectivity index (χ2v) is 7.78. The fraction of sp³-hybridized carbons (Fsp3) is 0.364. The van der Waals surface area contributed by atoms with Crippen LogP contribution in [0.2, 0.25) is 0 Å². The first-order chi connectivity index (χ1) is 11.7. The lowest BCUT2D eigenvalue weighted by Gasteiger charge is -2.19. The quantitative estimate of drug-likeness (QED) is 0.792. The first kappa shape index (κ1) is 18.9. The van der Waals surface area contributed by atoms with Crippen LogP contribution in [0.3, 0.4) is 0 Å². The molecule has 0 aromatic heterocycles. The molecule has 2 aromatic rings. The van der Waals surface area contributed by atoms with Gasteiger partial charge in [0.2, 0.25) is 5.78 Å². The van der Waals surface area contributed by atoms with E-state index in [-0.39, 0.29) is 11.8 Å². The number of hydrogen-bond donors (Lipinski definition) is 1. The molecule has 0 heterocycles. The van der Waals surface area contributed by atoms with Crippen molar-refractivity contribution in [3.63, 3.8) is 0 Å². The number of ketones is 1. The van der Waals surface area contributed by atoms with Crippen LogP contribution in [-0.2, 0) is 21.4 Å². The van der Waals surface area contributed by atoms with Crippen LogP contribution in [0.1, 0.15) is 57.2 Å². The molecule has 0 fully saturated rings. The molecule has 2 rings (SSSR count). The van der Waals surface area contributed by atoms with Crippen molar-refractivity contribution in [3.8, 4) is 0 Å². The molecule has 0 spiro atoms. The molecule has 0 bridgehead atoms. The van der Waals surface area contributed by atoms with Crippen molar-refractivity contribution >= 4 is 17.4 Å². The molecule has 0 saturated carbocycles. The summed E-state index contributed by atoms with van der Waals surface area (Å²) in [6.45, 7) is 10.6. The van der Waals surface area contributed by atoms with Gasteiger partial charge in [-0.05, 0) is 40.2 Å². The van der Waals surface area contributed by atoms with E-state index in [4.69, 9.17) is 0 Å². The van der Waals surface area contributed by atoms with Gasteiger partial charge < -0.3 is 5.32 Å². The fourth-order valence-corrected chi connectivity index (χ4v) is 2.54. The Hall–Kier alpha value is -2.42. The van der Waals surface area contributed by atoms with E-state index in [1.807, 2.05) is 48.5 Å². The van der Waals surface area contributed by atoms with Crippen molar-refractivity contribution in [2.45, 2.75) is 52.4 Å². The summed E-state index contributed by atoms with van der Waals surface area (Å²) >= 11 is 0. The largest absolute Gasteiger partial charge is 0.319 e. The number of carbonyl (C=O) groups excluding carboxylic acids is 2. The van der Waals surface area contributed by atoms with Gasteiger partial charge in [0, 0.05) is 12.1 Å². The number of Topliss-reactive ketones (excluding diaryl/α,β-unsaturated/α-hetero) is 1. The Balaban J connectivity index is 1.97. The first-order valence-corrected chi connectivity index (χ1v) is 8.70. The minimum absolute atomic E-state index is 0.0561. The highest BCUT2D eigenvalue weighted by Gasteiger charge is 2.16. The van der Waals surface area contributed by atoms with Gasteiger partial charge >= 0.3 is 0 Å². The van der Waals surface area contributed by atoms with Crippen LogP contribution in [0.4, 0.5) is 5.69 Å². The standard InChI is InChI=1S/C22H27NO2/c1-15(2)17-8-6-16(7-9-17)14-20(24)21(25)23-19-12-10-18(11-13-19)22(3,4)5/h6-13,15H,14H2,1-5H3,(H,23,25). The van der Waals surface area contributed by atoms with Crippen molar-refractivity contribution < 1.29 is 9.59 Å². The first-order valence-electron chi connectivity index (χ1n) is 8.70. The minimum Gasteiger partial charge on any atom is -0.319 e. The molecule has 1 N–H and O–H groups in total. The van der Waals surface area contributed by atoms with Gasteiger partial charge in [0.25, 0.3) is 5.91 Å². The number of nitrogens with one attached hydrogen (secondary N) is 1. The molecule has 0 aliphatic rings. The van der Waals surface area contributed by atoms with E-state index in [9.17, 15) is 9.59 Å². The lowest BCUT2D eigenvalue weighted by Crippen LogP contribution is -2.24. The molecule has 3 heteroatoms. The third-order valence-electron chi connectivity index (χ3n) is 4.27. The average molecular weight is 337 g/mol. The highest BCUT2D eigenvalue weighted by molar-refractivity contribution is 6.41. The van der Waals surface area contributed by atoms with E-state index >= 15 is 0 Å². The van der Waals surface area contributed by atoms with Crippen molar-refractivity contribution in [2.75, 3.05) is 5.32 Å². The third kappa shape index (κ3) is 5.28. The van der Waals surface area contributed by atoms with Crippen LogP contribution >= 0.6 is 0 Å². The summed E-state index contributed by atoms with van der Waals surface area (Å²) in [4.78, 5) is 24.3. The van der Waals surface area contributed by atoms with Gasteiger partial charge in [-0.3, -0.25) is 9.59 Å². The maximum Gasteiger partial charge on any atom is 0.292 e. The molecule has 0 radical (unpaired) electrons. The summed E-state index contributed by atoms with van der Waals surface area (Å²) in [5, 5.41) is 2.68. The highest BCUT2D eigenvalue weighted by atomic mass is 16.2. The van der Waals surface area contributed by atoms with Crippen molar-refractivity contribution in [1.29, 1.82) is 0 Å². The Morgan fingerprint density at radius 1 is 0.920 bits per heavy atom. The number of anilines is 1. The summed E-state index contributed by atoms with van der Waals surface area (Å²) in [5.74, 6) is -0.558. The van der Waals surface area contributed by atoms with Crippen molar-refractivity contribution in [3.05, 3.63) is 65.2 Å². The normalized spacial score (nSPS) is 11.4. The summed E-state index contributed by atoms with van der Waals surface area (Å²) in [7, 11) is 0. The lowest BCUT2D eigenvalue weighted by molar-refractivity contribution is -0.134. The molecular weight excluding hydrogens is 310 g/mol. The zero-order valence-corrected chi connectivity index (χ0v) is 15.7. The molecule has 0 unspecified atom stereocenters. The summed E-state index contributed by atoms with van der Waals surface area (Å²) < 4.78 is 0. The summed E-state index contributed by atoms with van der Waals surface area (Å²) in [5.41, 5.74) is 3.95. The van der Waals surface area contributed by atoms with Gasteiger partial charge in [0.05, 0.1) is 0 Å². The number of hydrogen-bond acceptors (Lipinski definition) is 2. The van der Waals surface area contributed by atoms with E-state index in [2.05, 4.69) is 39.9 Å². The monoisotopic (exact) mass is 337 g/mol. The zero-order valence-electron chi connectivity index (χ0n) is 15.7.